The monoisotopic (exact) mass is 426 g/mol. The maximum absolute atomic E-state index is 13.5. The summed E-state index contributed by atoms with van der Waals surface area (Å²) in [6.45, 7) is 4.38. The lowest BCUT2D eigenvalue weighted by molar-refractivity contribution is -0.103. The van der Waals surface area contributed by atoms with E-state index in [9.17, 15) is 9.18 Å². The number of carbonyl (C=O) groups excluding carboxylic acids is 1. The maximum atomic E-state index is 13.5. The van der Waals surface area contributed by atoms with Gasteiger partial charge in [0.05, 0.1) is 6.61 Å². The molecule has 2 saturated heterocycles. The van der Waals surface area contributed by atoms with Crippen molar-refractivity contribution in [2.24, 2.45) is 5.92 Å². The van der Waals surface area contributed by atoms with Crippen molar-refractivity contribution in [1.29, 1.82) is 0 Å². The molecule has 2 aliphatic heterocycles. The molecule has 1 spiro atoms. The molecule has 0 radical (unpaired) electrons. The Labute approximate surface area is 183 Å². The fraction of sp³-hybridized carbons (Fsp3) is 0.480. The van der Waals surface area contributed by atoms with Crippen molar-refractivity contribution in [1.82, 2.24) is 10.2 Å². The zero-order valence-corrected chi connectivity index (χ0v) is 18.3. The van der Waals surface area contributed by atoms with Crippen molar-refractivity contribution in [2.45, 2.75) is 44.2 Å². The number of hydrogen-bond donors (Lipinski definition) is 1. The second-order valence-corrected chi connectivity index (χ2v) is 8.73. The first-order chi connectivity index (χ1) is 15.0. The van der Waals surface area contributed by atoms with Crippen LogP contribution in [0.3, 0.4) is 0 Å². The van der Waals surface area contributed by atoms with Crippen molar-refractivity contribution in [2.75, 3.05) is 26.7 Å². The molecular formula is C25H31FN2O3. The second-order valence-electron chi connectivity index (χ2n) is 8.73. The summed E-state index contributed by atoms with van der Waals surface area (Å²) in [6, 6.07) is 14.7. The molecule has 0 aromatic heterocycles. The van der Waals surface area contributed by atoms with E-state index in [1.54, 1.807) is 0 Å². The number of carbonyl (C=O) groups is 1. The molecule has 2 unspecified atom stereocenters. The zero-order valence-electron chi connectivity index (χ0n) is 18.3. The van der Waals surface area contributed by atoms with Crippen LogP contribution in [0.5, 0.6) is 5.75 Å². The normalized spacial score (nSPS) is 23.3. The zero-order chi connectivity index (χ0) is 21.8. The third kappa shape index (κ3) is 5.01. The predicted molar refractivity (Wildman–Crippen MR) is 118 cm³/mol. The summed E-state index contributed by atoms with van der Waals surface area (Å²) in [4.78, 5) is 14.9. The Morgan fingerprint density at radius 3 is 2.32 bits per heavy atom. The van der Waals surface area contributed by atoms with Crippen LogP contribution in [0.15, 0.2) is 48.5 Å². The van der Waals surface area contributed by atoms with Crippen molar-refractivity contribution in [3.05, 3.63) is 65.5 Å². The highest BCUT2D eigenvalue weighted by Crippen LogP contribution is 2.41. The Balaban J connectivity index is 1.61. The van der Waals surface area contributed by atoms with Gasteiger partial charge in [-0.2, -0.15) is 0 Å². The smallest absolute Gasteiger partial charge is 0.407 e. The van der Waals surface area contributed by atoms with E-state index in [1.807, 2.05) is 31.2 Å². The molecule has 2 fully saturated rings. The van der Waals surface area contributed by atoms with Gasteiger partial charge in [0, 0.05) is 37.9 Å². The first-order valence-corrected chi connectivity index (χ1v) is 11.1. The van der Waals surface area contributed by atoms with E-state index < -0.39 is 5.60 Å². The fourth-order valence-corrected chi connectivity index (χ4v) is 4.92. The van der Waals surface area contributed by atoms with Crippen LogP contribution in [0.1, 0.15) is 30.9 Å². The van der Waals surface area contributed by atoms with E-state index in [4.69, 9.17) is 9.47 Å². The molecule has 2 heterocycles. The molecule has 1 amide bonds. The minimum Gasteiger partial charge on any atom is -0.494 e. The molecule has 0 aliphatic carbocycles. The molecule has 5 nitrogen and oxygen atoms in total. The van der Waals surface area contributed by atoms with Gasteiger partial charge in [-0.05, 0) is 62.2 Å². The van der Waals surface area contributed by atoms with E-state index in [0.717, 1.165) is 49.2 Å². The molecule has 2 aromatic rings. The molecular weight excluding hydrogens is 395 g/mol. The quantitative estimate of drug-likeness (QED) is 0.752. The van der Waals surface area contributed by atoms with Crippen molar-refractivity contribution in [3.63, 3.8) is 0 Å². The van der Waals surface area contributed by atoms with Crippen LogP contribution < -0.4 is 10.1 Å². The topological polar surface area (TPSA) is 50.8 Å². The highest BCUT2D eigenvalue weighted by molar-refractivity contribution is 5.69. The van der Waals surface area contributed by atoms with Crippen molar-refractivity contribution >= 4 is 6.09 Å². The standard InChI is InChI=1S/C25H31FN2O3/c1-3-30-21-10-6-19(7-11-21)17-23-22(16-18-4-8-20(26)9-5-18)25(31-24(29)27-23)12-14-28(2)15-13-25/h4-11,22-23H,3,12-17H2,1-2H3,(H,27,29). The molecule has 6 heteroatoms. The summed E-state index contributed by atoms with van der Waals surface area (Å²) in [5, 5.41) is 3.09. The number of nitrogens with zero attached hydrogens (tertiary/aromatic N) is 1. The molecule has 2 aliphatic rings. The largest absolute Gasteiger partial charge is 0.494 e. The van der Waals surface area contributed by atoms with Gasteiger partial charge in [-0.25, -0.2) is 9.18 Å². The van der Waals surface area contributed by atoms with E-state index >= 15 is 0 Å². The molecule has 1 N–H and O–H groups in total. The Hall–Kier alpha value is -2.60. The van der Waals surface area contributed by atoms with Gasteiger partial charge in [0.1, 0.15) is 17.2 Å². The summed E-state index contributed by atoms with van der Waals surface area (Å²) in [6.07, 6.45) is 2.72. The SMILES string of the molecule is CCOc1ccc(CC2NC(=O)OC3(CCN(C)CC3)C2Cc2ccc(F)cc2)cc1. The van der Waals surface area contributed by atoms with E-state index in [0.29, 0.717) is 13.0 Å². The molecule has 31 heavy (non-hydrogen) atoms. The molecule has 0 saturated carbocycles. The van der Waals surface area contributed by atoms with Crippen LogP contribution in [-0.2, 0) is 17.6 Å². The summed E-state index contributed by atoms with van der Waals surface area (Å²) in [5.74, 6) is 0.699. The average Bonchev–Trinajstić information content (AvgIpc) is 2.76. The third-order valence-electron chi connectivity index (χ3n) is 6.65. The first kappa shape index (κ1) is 21.6. The number of amides is 1. The van der Waals surface area contributed by atoms with E-state index in [1.165, 1.54) is 12.1 Å². The summed E-state index contributed by atoms with van der Waals surface area (Å²) < 4.78 is 25.0. The van der Waals surface area contributed by atoms with Gasteiger partial charge < -0.3 is 19.7 Å². The number of benzene rings is 2. The summed E-state index contributed by atoms with van der Waals surface area (Å²) in [5.41, 5.74) is 1.70. The Bertz CT molecular complexity index is 877. The number of hydrogen-bond acceptors (Lipinski definition) is 4. The fourth-order valence-electron chi connectivity index (χ4n) is 4.92. The number of nitrogens with one attached hydrogen (secondary N) is 1. The molecule has 2 aromatic carbocycles. The number of likely N-dealkylation sites (tertiary alicyclic amines) is 1. The Morgan fingerprint density at radius 2 is 1.68 bits per heavy atom. The Kier molecular flexibility index (Phi) is 6.46. The molecule has 166 valence electrons. The lowest BCUT2D eigenvalue weighted by atomic mass is 9.70. The second kappa shape index (κ2) is 9.27. The van der Waals surface area contributed by atoms with Crippen molar-refractivity contribution in [3.8, 4) is 5.75 Å². The van der Waals surface area contributed by atoms with Crippen molar-refractivity contribution < 1.29 is 18.7 Å². The molecule has 2 atom stereocenters. The van der Waals surface area contributed by atoms with Crippen LogP contribution in [0.2, 0.25) is 0 Å². The minimum atomic E-state index is -0.501. The van der Waals surface area contributed by atoms with Gasteiger partial charge in [-0.15, -0.1) is 0 Å². The van der Waals surface area contributed by atoms with Gasteiger partial charge in [0.25, 0.3) is 0 Å². The molecule has 4 rings (SSSR count). The number of piperidine rings is 1. The van der Waals surface area contributed by atoms with E-state index in [-0.39, 0.29) is 23.9 Å². The minimum absolute atomic E-state index is 0.0624. The predicted octanol–water partition coefficient (Wildman–Crippen LogP) is 4.20. The highest BCUT2D eigenvalue weighted by atomic mass is 19.1. The van der Waals surface area contributed by atoms with Crippen LogP contribution in [0.25, 0.3) is 0 Å². The van der Waals surface area contributed by atoms with Crippen LogP contribution in [-0.4, -0.2) is 49.4 Å². The van der Waals surface area contributed by atoms with Gasteiger partial charge in [-0.1, -0.05) is 24.3 Å². The first-order valence-electron chi connectivity index (χ1n) is 11.1. The van der Waals surface area contributed by atoms with Gasteiger partial charge >= 0.3 is 6.09 Å². The van der Waals surface area contributed by atoms with Crippen LogP contribution in [0, 0.1) is 11.7 Å². The number of halogens is 1. The lowest BCUT2D eigenvalue weighted by Crippen LogP contribution is -2.64. The lowest BCUT2D eigenvalue weighted by Gasteiger charge is -2.51. The van der Waals surface area contributed by atoms with Gasteiger partial charge in [-0.3, -0.25) is 0 Å². The Morgan fingerprint density at radius 1 is 1.06 bits per heavy atom. The van der Waals surface area contributed by atoms with Gasteiger partial charge in [0.15, 0.2) is 0 Å². The third-order valence-corrected chi connectivity index (χ3v) is 6.65. The molecule has 0 bridgehead atoms. The van der Waals surface area contributed by atoms with Crippen LogP contribution in [0.4, 0.5) is 9.18 Å². The van der Waals surface area contributed by atoms with E-state index in [2.05, 4.69) is 29.4 Å². The van der Waals surface area contributed by atoms with Gasteiger partial charge in [0.2, 0.25) is 0 Å². The average molecular weight is 427 g/mol. The highest BCUT2D eigenvalue weighted by Gasteiger charge is 2.51. The number of rotatable bonds is 6. The number of ether oxygens (including phenoxy) is 2. The van der Waals surface area contributed by atoms with Crippen LogP contribution >= 0.6 is 0 Å². The maximum Gasteiger partial charge on any atom is 0.407 e. The number of alkyl carbamates (subject to hydrolysis) is 1. The summed E-state index contributed by atoms with van der Waals surface area (Å²) in [7, 11) is 2.10. The summed E-state index contributed by atoms with van der Waals surface area (Å²) >= 11 is 0.